The molecule has 1 aromatic rings. The number of nitrogens with one attached hydrogen (secondary N) is 1. The second-order valence-electron chi connectivity index (χ2n) is 4.11. The van der Waals surface area contributed by atoms with Gasteiger partial charge in [0.15, 0.2) is 0 Å². The van der Waals surface area contributed by atoms with Crippen LogP contribution in [-0.2, 0) is 26.3 Å². The van der Waals surface area contributed by atoms with Crippen LogP contribution in [0.1, 0.15) is 12.0 Å². The normalized spacial score (nSPS) is 11.4. The molecular weight excluding hydrogens is 284 g/mol. The number of esters is 1. The van der Waals surface area contributed by atoms with Gasteiger partial charge in [0.05, 0.1) is 20.1 Å². The molecule has 0 bridgehead atoms. The van der Waals surface area contributed by atoms with Gasteiger partial charge in [-0.05, 0) is 17.7 Å². The van der Waals surface area contributed by atoms with Crippen LogP contribution in [0.15, 0.2) is 24.3 Å². The zero-order valence-corrected chi connectivity index (χ0v) is 12.2. The van der Waals surface area contributed by atoms with Crippen LogP contribution >= 0.6 is 0 Å². The molecule has 0 atom stereocenters. The summed E-state index contributed by atoms with van der Waals surface area (Å²) in [7, 11) is -1.11. The van der Waals surface area contributed by atoms with Crippen LogP contribution in [0.25, 0.3) is 0 Å². The first-order valence-corrected chi connectivity index (χ1v) is 7.33. The van der Waals surface area contributed by atoms with Crippen LogP contribution in [0.3, 0.4) is 0 Å². The first-order valence-electron chi connectivity index (χ1n) is 5.89. The molecule has 2 N–H and O–H groups in total. The minimum Gasteiger partial charge on any atom is -0.469 e. The smallest absolute Gasteiger partial charge is 0.306 e. The molecule has 8 heteroatoms. The van der Waals surface area contributed by atoms with E-state index in [0.29, 0.717) is 11.3 Å². The number of carbonyl (C=O) groups is 1. The van der Waals surface area contributed by atoms with Crippen molar-refractivity contribution in [2.45, 2.75) is 13.0 Å². The zero-order chi connectivity index (χ0) is 15.2. The third-order valence-electron chi connectivity index (χ3n) is 2.65. The number of hydrogen-bond acceptors (Lipinski definition) is 5. The van der Waals surface area contributed by atoms with Crippen LogP contribution in [-0.4, -0.2) is 44.5 Å². The molecule has 0 amide bonds. The summed E-state index contributed by atoms with van der Waals surface area (Å²) in [5.41, 5.74) is 1.07. The fraction of sp³-hybridized carbons (Fsp3) is 0.417. The van der Waals surface area contributed by atoms with E-state index < -0.39 is 16.2 Å². The predicted molar refractivity (Wildman–Crippen MR) is 74.2 cm³/mol. The van der Waals surface area contributed by atoms with Crippen LogP contribution in [0, 0.1) is 0 Å². The van der Waals surface area contributed by atoms with Gasteiger partial charge in [0.1, 0.15) is 0 Å². The maximum Gasteiger partial charge on any atom is 0.306 e. The van der Waals surface area contributed by atoms with Crippen molar-refractivity contribution in [2.24, 2.45) is 0 Å². The van der Waals surface area contributed by atoms with Crippen LogP contribution in [0.2, 0.25) is 0 Å². The van der Waals surface area contributed by atoms with E-state index in [1.54, 1.807) is 24.3 Å². The average Bonchev–Trinajstić information content (AvgIpc) is 2.44. The summed E-state index contributed by atoms with van der Waals surface area (Å²) in [6, 6.07) is 6.34. The highest BCUT2D eigenvalue weighted by Gasteiger charge is 2.18. The molecule has 7 nitrogen and oxygen atoms in total. The minimum absolute atomic E-state index is 0.0165. The van der Waals surface area contributed by atoms with Crippen molar-refractivity contribution in [3.63, 3.8) is 0 Å². The monoisotopic (exact) mass is 302 g/mol. The van der Waals surface area contributed by atoms with Gasteiger partial charge in [-0.15, -0.1) is 0 Å². The molecule has 0 heterocycles. The van der Waals surface area contributed by atoms with Gasteiger partial charge in [-0.2, -0.15) is 12.7 Å². The lowest BCUT2D eigenvalue weighted by Gasteiger charge is -2.17. The number of rotatable bonds is 7. The van der Waals surface area contributed by atoms with Gasteiger partial charge in [0.25, 0.3) is 0 Å². The number of aliphatic hydroxyl groups is 1. The molecule has 1 aromatic carbocycles. The lowest BCUT2D eigenvalue weighted by atomic mass is 10.2. The predicted octanol–water partition coefficient (Wildman–Crippen LogP) is 0.330. The number of aliphatic hydroxyl groups excluding tert-OH is 1. The summed E-state index contributed by atoms with van der Waals surface area (Å²) >= 11 is 0. The van der Waals surface area contributed by atoms with E-state index in [4.69, 9.17) is 5.11 Å². The Balaban J connectivity index is 2.65. The summed E-state index contributed by atoms with van der Waals surface area (Å²) in [4.78, 5) is 11.0. The van der Waals surface area contributed by atoms with Crippen molar-refractivity contribution in [1.29, 1.82) is 0 Å². The molecule has 0 aliphatic heterocycles. The molecule has 20 heavy (non-hydrogen) atoms. The van der Waals surface area contributed by atoms with Crippen LogP contribution in [0.4, 0.5) is 5.69 Å². The number of methoxy groups -OCH3 is 1. The van der Waals surface area contributed by atoms with E-state index in [1.165, 1.54) is 14.2 Å². The number of hydrogen-bond donors (Lipinski definition) is 2. The Morgan fingerprint density at radius 1 is 1.35 bits per heavy atom. The third-order valence-corrected chi connectivity index (χ3v) is 4.15. The summed E-state index contributed by atoms with van der Waals surface area (Å²) in [5, 5.41) is 8.90. The van der Waals surface area contributed by atoms with Gasteiger partial charge in [-0.1, -0.05) is 12.1 Å². The number of benzene rings is 1. The maximum atomic E-state index is 12.0. The average molecular weight is 302 g/mol. The standard InChI is InChI=1S/C12H18N2O5S/c1-14(8-7-12(16)19-2)20(17,18)13-11-5-3-10(9-15)4-6-11/h3-6,13,15H,7-9H2,1-2H3. The van der Waals surface area contributed by atoms with E-state index in [0.717, 1.165) is 4.31 Å². The second-order valence-corrected chi connectivity index (χ2v) is 5.89. The lowest BCUT2D eigenvalue weighted by Crippen LogP contribution is -2.34. The van der Waals surface area contributed by atoms with Crippen molar-refractivity contribution in [2.75, 3.05) is 25.4 Å². The fourth-order valence-electron chi connectivity index (χ4n) is 1.38. The first-order chi connectivity index (χ1) is 9.39. The molecule has 0 aliphatic carbocycles. The second kappa shape index (κ2) is 7.22. The van der Waals surface area contributed by atoms with Gasteiger partial charge < -0.3 is 9.84 Å². The fourth-order valence-corrected chi connectivity index (χ4v) is 2.30. The number of nitrogens with zero attached hydrogens (tertiary/aromatic N) is 1. The Morgan fingerprint density at radius 2 is 1.95 bits per heavy atom. The van der Waals surface area contributed by atoms with Gasteiger partial charge in [-0.3, -0.25) is 9.52 Å². The highest BCUT2D eigenvalue weighted by atomic mass is 32.2. The Labute approximate surface area is 118 Å². The summed E-state index contributed by atoms with van der Waals surface area (Å²) < 4.78 is 31.8. The zero-order valence-electron chi connectivity index (χ0n) is 11.4. The molecule has 0 unspecified atom stereocenters. The highest BCUT2D eigenvalue weighted by Crippen LogP contribution is 2.12. The maximum absolute atomic E-state index is 12.0. The van der Waals surface area contributed by atoms with Crippen molar-refractivity contribution < 1.29 is 23.1 Å². The highest BCUT2D eigenvalue weighted by molar-refractivity contribution is 7.90. The molecule has 0 aromatic heterocycles. The summed E-state index contributed by atoms with van der Waals surface area (Å²) in [6.45, 7) is -0.0806. The van der Waals surface area contributed by atoms with E-state index in [-0.39, 0.29) is 19.6 Å². The Bertz CT molecular complexity index is 541. The van der Waals surface area contributed by atoms with E-state index in [1.807, 2.05) is 0 Å². The Morgan fingerprint density at radius 3 is 2.45 bits per heavy atom. The van der Waals surface area contributed by atoms with Gasteiger partial charge in [0.2, 0.25) is 0 Å². The largest absolute Gasteiger partial charge is 0.469 e. The molecule has 0 spiro atoms. The van der Waals surface area contributed by atoms with Gasteiger partial charge >= 0.3 is 16.2 Å². The van der Waals surface area contributed by atoms with Crippen LogP contribution < -0.4 is 4.72 Å². The van der Waals surface area contributed by atoms with E-state index in [2.05, 4.69) is 9.46 Å². The van der Waals surface area contributed by atoms with Crippen molar-refractivity contribution in [3.05, 3.63) is 29.8 Å². The van der Waals surface area contributed by atoms with E-state index in [9.17, 15) is 13.2 Å². The van der Waals surface area contributed by atoms with Gasteiger partial charge in [0, 0.05) is 19.3 Å². The Kier molecular flexibility index (Phi) is 5.93. The SMILES string of the molecule is COC(=O)CCN(C)S(=O)(=O)Nc1ccc(CO)cc1. The van der Waals surface area contributed by atoms with Crippen molar-refractivity contribution in [3.8, 4) is 0 Å². The van der Waals surface area contributed by atoms with Crippen molar-refractivity contribution >= 4 is 21.9 Å². The molecule has 0 saturated heterocycles. The molecule has 0 radical (unpaired) electrons. The minimum atomic E-state index is -3.72. The quantitative estimate of drug-likeness (QED) is 0.708. The molecule has 0 aliphatic rings. The molecule has 112 valence electrons. The van der Waals surface area contributed by atoms with Crippen LogP contribution in [0.5, 0.6) is 0 Å². The number of anilines is 1. The first kappa shape index (κ1) is 16.4. The summed E-state index contributed by atoms with van der Waals surface area (Å²) in [5.74, 6) is -0.473. The van der Waals surface area contributed by atoms with Crippen molar-refractivity contribution in [1.82, 2.24) is 4.31 Å². The van der Waals surface area contributed by atoms with E-state index >= 15 is 0 Å². The topological polar surface area (TPSA) is 95.9 Å². The number of carbonyl (C=O) groups excluding carboxylic acids is 1. The third kappa shape index (κ3) is 4.80. The van der Waals surface area contributed by atoms with Gasteiger partial charge in [-0.25, -0.2) is 0 Å². The lowest BCUT2D eigenvalue weighted by molar-refractivity contribution is -0.140. The molecule has 0 fully saturated rings. The molecule has 0 saturated carbocycles. The molecule has 1 rings (SSSR count). The number of ether oxygens (including phenoxy) is 1. The Hall–Kier alpha value is -1.64. The summed E-state index contributed by atoms with van der Waals surface area (Å²) in [6.07, 6.45) is -0.0165. The molecular formula is C12H18N2O5S.